The van der Waals surface area contributed by atoms with Crippen molar-refractivity contribution >= 4 is 11.9 Å². The quantitative estimate of drug-likeness (QED) is 0.677. The van der Waals surface area contributed by atoms with Gasteiger partial charge < -0.3 is 19.5 Å². The molecule has 5 rings (SSSR count). The monoisotopic (exact) mass is 450 g/mol. The van der Waals surface area contributed by atoms with Crippen LogP contribution in [-0.4, -0.2) is 72.7 Å². The molecule has 0 radical (unpaired) electrons. The van der Waals surface area contributed by atoms with Crippen molar-refractivity contribution in [2.24, 2.45) is 0 Å². The molecule has 0 aliphatic carbocycles. The van der Waals surface area contributed by atoms with E-state index in [1.54, 1.807) is 6.07 Å². The lowest BCUT2D eigenvalue weighted by Gasteiger charge is -2.36. The number of hydrogen-bond acceptors (Lipinski definition) is 7. The number of carbonyl (C=O) groups is 2. The lowest BCUT2D eigenvalue weighted by Crippen LogP contribution is -2.48. The first-order chi connectivity index (χ1) is 16.0. The van der Waals surface area contributed by atoms with Crippen molar-refractivity contribution in [3.05, 3.63) is 69.3 Å². The molecule has 3 heterocycles. The number of cyclic esters (lactones) is 2. The van der Waals surface area contributed by atoms with Crippen molar-refractivity contribution in [1.82, 2.24) is 9.80 Å². The van der Waals surface area contributed by atoms with Gasteiger partial charge in [-0.2, -0.15) is 0 Å². The fourth-order valence-electron chi connectivity index (χ4n) is 5.09. The molecule has 3 aliphatic heterocycles. The summed E-state index contributed by atoms with van der Waals surface area (Å²) in [5, 5.41) is 10.9. The number of fused-ring (bicyclic) bond motifs is 2. The number of ether oxygens (including phenoxy) is 2. The van der Waals surface area contributed by atoms with E-state index < -0.39 is 6.10 Å². The van der Waals surface area contributed by atoms with Crippen molar-refractivity contribution in [1.29, 1.82) is 0 Å². The van der Waals surface area contributed by atoms with Crippen LogP contribution in [0.25, 0.3) is 0 Å². The van der Waals surface area contributed by atoms with Crippen molar-refractivity contribution in [3.63, 3.8) is 0 Å². The Bertz CT molecular complexity index is 1070. The van der Waals surface area contributed by atoms with Crippen LogP contribution in [-0.2, 0) is 28.9 Å². The predicted octanol–water partition coefficient (Wildman–Crippen LogP) is 2.27. The largest absolute Gasteiger partial charge is 0.462 e. The first kappa shape index (κ1) is 22.1. The van der Waals surface area contributed by atoms with Gasteiger partial charge in [0.2, 0.25) is 0 Å². The third kappa shape index (κ3) is 4.53. The maximum Gasteiger partial charge on any atom is 0.338 e. The van der Waals surface area contributed by atoms with Crippen molar-refractivity contribution in [2.75, 3.05) is 45.9 Å². The lowest BCUT2D eigenvalue weighted by molar-refractivity contribution is 0.0478. The highest BCUT2D eigenvalue weighted by molar-refractivity contribution is 5.94. The van der Waals surface area contributed by atoms with Gasteiger partial charge in [0.1, 0.15) is 6.61 Å². The maximum atomic E-state index is 11.8. The van der Waals surface area contributed by atoms with E-state index in [1.165, 1.54) is 5.56 Å². The number of β-amino-alcohol motifs (C(OH)–C–C–N with tert-alkyl or cyclic N) is 1. The van der Waals surface area contributed by atoms with Gasteiger partial charge in [-0.15, -0.1) is 0 Å². The molecule has 3 aliphatic rings. The second-order valence-corrected chi connectivity index (χ2v) is 9.17. The van der Waals surface area contributed by atoms with Gasteiger partial charge in [0.15, 0.2) is 0 Å². The van der Waals surface area contributed by atoms with E-state index >= 15 is 0 Å². The van der Waals surface area contributed by atoms with Gasteiger partial charge in [-0.25, -0.2) is 9.59 Å². The van der Waals surface area contributed by atoms with E-state index in [1.807, 2.05) is 25.1 Å². The van der Waals surface area contributed by atoms with Gasteiger partial charge in [0, 0.05) is 51.3 Å². The van der Waals surface area contributed by atoms with Crippen LogP contribution in [0.5, 0.6) is 0 Å². The summed E-state index contributed by atoms with van der Waals surface area (Å²) in [6.07, 6.45) is 1.17. The number of aliphatic hydroxyl groups is 1. The number of carbonyl (C=O) groups excluding carboxylic acids is 2. The summed E-state index contributed by atoms with van der Waals surface area (Å²) in [5.74, 6) is -0.485. The molecule has 0 saturated carbocycles. The molecule has 0 aromatic heterocycles. The van der Waals surface area contributed by atoms with Crippen LogP contribution in [0, 0.1) is 6.92 Å². The van der Waals surface area contributed by atoms with Crippen LogP contribution in [0.15, 0.2) is 30.3 Å². The zero-order valence-corrected chi connectivity index (χ0v) is 19.0. The number of benzene rings is 2. The summed E-state index contributed by atoms with van der Waals surface area (Å²) < 4.78 is 10.2. The van der Waals surface area contributed by atoms with Crippen LogP contribution in [0.4, 0.5) is 0 Å². The Morgan fingerprint density at radius 1 is 0.970 bits per heavy atom. The third-order valence-electron chi connectivity index (χ3n) is 7.17. The smallest absolute Gasteiger partial charge is 0.338 e. The van der Waals surface area contributed by atoms with Crippen LogP contribution in [0.3, 0.4) is 0 Å². The summed E-state index contributed by atoms with van der Waals surface area (Å²) in [7, 11) is 0. The Balaban J connectivity index is 1.11. The Morgan fingerprint density at radius 2 is 1.70 bits per heavy atom. The van der Waals surface area contributed by atoms with Crippen LogP contribution in [0.1, 0.15) is 54.6 Å². The highest BCUT2D eigenvalue weighted by atomic mass is 16.5. The molecule has 33 heavy (non-hydrogen) atoms. The zero-order valence-electron chi connectivity index (χ0n) is 19.0. The molecule has 1 N–H and O–H groups in total. The minimum Gasteiger partial charge on any atom is -0.462 e. The Kier molecular flexibility index (Phi) is 6.19. The standard InChI is InChI=1S/C26H30N2O5/c1-17-20(4-5-22-23(17)16-33-26(22)31)24(29)15-28-11-9-27(10-12-28)8-6-18-2-3-21-19(14-18)7-13-32-25(21)30/h2-5,14,24,29H,6-13,15-16H2,1H3/t24-/m0/s1. The van der Waals surface area contributed by atoms with Crippen molar-refractivity contribution in [3.8, 4) is 0 Å². The second kappa shape index (κ2) is 9.25. The van der Waals surface area contributed by atoms with Gasteiger partial charge in [-0.05, 0) is 47.7 Å². The second-order valence-electron chi connectivity index (χ2n) is 9.17. The van der Waals surface area contributed by atoms with E-state index in [-0.39, 0.29) is 11.9 Å². The topological polar surface area (TPSA) is 79.3 Å². The summed E-state index contributed by atoms with van der Waals surface area (Å²) >= 11 is 0. The summed E-state index contributed by atoms with van der Waals surface area (Å²) in [4.78, 5) is 28.3. The van der Waals surface area contributed by atoms with Crippen molar-refractivity contribution < 1.29 is 24.2 Å². The normalized spacial score (nSPS) is 19.6. The molecule has 2 aromatic rings. The number of aliphatic hydroxyl groups excluding tert-OH is 1. The average Bonchev–Trinajstić information content (AvgIpc) is 3.20. The summed E-state index contributed by atoms with van der Waals surface area (Å²) in [6, 6.07) is 9.72. The van der Waals surface area contributed by atoms with E-state index in [0.29, 0.717) is 30.9 Å². The third-order valence-corrected chi connectivity index (χ3v) is 7.17. The molecular formula is C26H30N2O5. The first-order valence-corrected chi connectivity index (χ1v) is 11.7. The van der Waals surface area contributed by atoms with Crippen molar-refractivity contribution in [2.45, 2.75) is 32.5 Å². The van der Waals surface area contributed by atoms with E-state index in [2.05, 4.69) is 15.9 Å². The molecule has 0 bridgehead atoms. The van der Waals surface area contributed by atoms with E-state index in [0.717, 1.165) is 67.8 Å². The van der Waals surface area contributed by atoms with E-state index in [4.69, 9.17) is 9.47 Å². The summed E-state index contributed by atoms with van der Waals surface area (Å²) in [5.41, 5.74) is 6.43. The van der Waals surface area contributed by atoms with Gasteiger partial charge in [0.05, 0.1) is 23.8 Å². The van der Waals surface area contributed by atoms with Crippen LogP contribution < -0.4 is 0 Å². The van der Waals surface area contributed by atoms with Gasteiger partial charge >= 0.3 is 11.9 Å². The first-order valence-electron chi connectivity index (χ1n) is 11.7. The number of nitrogens with zero attached hydrogens (tertiary/aromatic N) is 2. The molecule has 0 unspecified atom stereocenters. The number of hydrogen-bond donors (Lipinski definition) is 1. The molecule has 7 heteroatoms. The van der Waals surface area contributed by atoms with Crippen LogP contribution in [0.2, 0.25) is 0 Å². The molecule has 2 aromatic carbocycles. The molecular weight excluding hydrogens is 420 g/mol. The molecule has 174 valence electrons. The SMILES string of the molecule is Cc1c([C@@H](O)CN2CCN(CCc3ccc4c(c3)CCOC4=O)CC2)ccc2c1COC2=O. The maximum absolute atomic E-state index is 11.8. The number of rotatable bonds is 6. The molecule has 0 amide bonds. The minimum absolute atomic E-state index is 0.210. The average molecular weight is 451 g/mol. The highest BCUT2D eigenvalue weighted by Gasteiger charge is 2.27. The molecule has 0 spiro atoms. The Hall–Kier alpha value is -2.74. The number of esters is 2. The molecule has 1 atom stereocenters. The van der Waals surface area contributed by atoms with E-state index in [9.17, 15) is 14.7 Å². The fraction of sp³-hybridized carbons (Fsp3) is 0.462. The van der Waals surface area contributed by atoms with Gasteiger partial charge in [-0.3, -0.25) is 4.90 Å². The Labute approximate surface area is 193 Å². The van der Waals surface area contributed by atoms with Crippen LogP contribution >= 0.6 is 0 Å². The molecule has 1 fully saturated rings. The summed E-state index contributed by atoms with van der Waals surface area (Å²) in [6.45, 7) is 8.07. The zero-order chi connectivity index (χ0) is 22.9. The molecule has 7 nitrogen and oxygen atoms in total. The number of piperazine rings is 1. The molecule has 1 saturated heterocycles. The Morgan fingerprint density at radius 3 is 2.52 bits per heavy atom. The van der Waals surface area contributed by atoms with Gasteiger partial charge in [-0.1, -0.05) is 18.2 Å². The van der Waals surface area contributed by atoms with Gasteiger partial charge in [0.25, 0.3) is 0 Å². The lowest BCUT2D eigenvalue weighted by atomic mass is 9.95. The highest BCUT2D eigenvalue weighted by Crippen LogP contribution is 2.29. The fourth-order valence-corrected chi connectivity index (χ4v) is 5.09. The predicted molar refractivity (Wildman–Crippen MR) is 122 cm³/mol. The minimum atomic E-state index is -0.584.